The lowest BCUT2D eigenvalue weighted by molar-refractivity contribution is 0.0224. The first kappa shape index (κ1) is 20.1. The van der Waals surface area contributed by atoms with E-state index < -0.39 is 17.7 Å². The van der Waals surface area contributed by atoms with Crippen LogP contribution in [0.15, 0.2) is 54.6 Å². The highest BCUT2D eigenvalue weighted by Gasteiger charge is 2.54. The third kappa shape index (κ3) is 2.65. The summed E-state index contributed by atoms with van der Waals surface area (Å²) in [4.78, 5) is 14.3. The summed E-state index contributed by atoms with van der Waals surface area (Å²) >= 11 is 5.14. The fourth-order valence-electron chi connectivity index (χ4n) is 4.42. The summed E-state index contributed by atoms with van der Waals surface area (Å²) in [6.45, 7) is 1.67. The Bertz CT molecular complexity index is 1310. The number of phenolic OH excluding ortho intramolecular Hbond substituents is 2. The van der Waals surface area contributed by atoms with Gasteiger partial charge in [-0.25, -0.2) is 4.79 Å². The lowest BCUT2D eigenvalue weighted by Gasteiger charge is -2.38. The number of carbonyl (C=O) groups excluding carboxylic acids is 1. The first-order chi connectivity index (χ1) is 15.2. The zero-order chi connectivity index (χ0) is 22.8. The summed E-state index contributed by atoms with van der Waals surface area (Å²) in [5.41, 5.74) is 12.8. The van der Waals surface area contributed by atoms with E-state index in [2.05, 4.69) is 0 Å². The van der Waals surface area contributed by atoms with E-state index in [1.54, 1.807) is 37.3 Å². The van der Waals surface area contributed by atoms with E-state index in [9.17, 15) is 15.0 Å². The van der Waals surface area contributed by atoms with Gasteiger partial charge >= 0.3 is 5.97 Å². The number of fused-ring (bicyclic) bond motifs is 6. The van der Waals surface area contributed by atoms with Crippen molar-refractivity contribution in [2.24, 2.45) is 11.5 Å². The first-order valence-corrected chi connectivity index (χ1v) is 10.2. The third-order valence-electron chi connectivity index (χ3n) is 5.70. The number of anilines is 1. The van der Waals surface area contributed by atoms with Crippen LogP contribution in [0.4, 0.5) is 5.69 Å². The Morgan fingerprint density at radius 1 is 1.06 bits per heavy atom. The maximum atomic E-state index is 12.9. The van der Waals surface area contributed by atoms with Crippen LogP contribution < -0.4 is 21.1 Å². The number of nitrogens with two attached hydrogens (primary N) is 2. The predicted molar refractivity (Wildman–Crippen MR) is 121 cm³/mol. The van der Waals surface area contributed by atoms with Gasteiger partial charge < -0.3 is 36.1 Å². The second-order valence-corrected chi connectivity index (χ2v) is 8.10. The van der Waals surface area contributed by atoms with Crippen LogP contribution in [0.2, 0.25) is 0 Å². The van der Waals surface area contributed by atoms with Crippen molar-refractivity contribution in [3.05, 3.63) is 76.9 Å². The van der Waals surface area contributed by atoms with Crippen LogP contribution in [0.1, 0.15) is 34.0 Å². The fourth-order valence-corrected chi connectivity index (χ4v) is 4.68. The summed E-state index contributed by atoms with van der Waals surface area (Å²) in [6.07, 6.45) is -0.639. The van der Waals surface area contributed by atoms with Gasteiger partial charge in [0.1, 0.15) is 23.0 Å². The molecule has 9 heteroatoms. The first-order valence-electron chi connectivity index (χ1n) is 9.80. The number of nitrogens with zero attached hydrogens (tertiary/aromatic N) is 1. The molecule has 2 aliphatic rings. The summed E-state index contributed by atoms with van der Waals surface area (Å²) in [5.74, 6) is -0.142. The highest BCUT2D eigenvalue weighted by Crippen LogP contribution is 2.58. The fraction of sp³-hybridized carbons (Fsp3) is 0.130. The minimum atomic E-state index is -1.37. The number of hydrogen-bond donors (Lipinski definition) is 4. The van der Waals surface area contributed by atoms with E-state index in [0.29, 0.717) is 28.0 Å². The molecular formula is C23H19N3O5S. The molecule has 0 bridgehead atoms. The minimum absolute atomic E-state index is 0.0163. The van der Waals surface area contributed by atoms with Gasteiger partial charge in [0, 0.05) is 28.8 Å². The van der Waals surface area contributed by atoms with E-state index in [4.69, 9.17) is 33.2 Å². The quantitative estimate of drug-likeness (QED) is 0.265. The van der Waals surface area contributed by atoms with Crippen LogP contribution in [-0.4, -0.2) is 27.5 Å². The Kier molecular flexibility index (Phi) is 4.30. The number of carbonyl (C=O) groups is 1. The van der Waals surface area contributed by atoms with Crippen LogP contribution in [-0.2, 0) is 10.3 Å². The molecule has 0 amide bonds. The second kappa shape index (κ2) is 6.84. The monoisotopic (exact) mass is 449 g/mol. The van der Waals surface area contributed by atoms with E-state index in [1.807, 2.05) is 6.07 Å². The number of esters is 1. The number of ether oxygens (including phenoxy) is 2. The van der Waals surface area contributed by atoms with Crippen molar-refractivity contribution < 1.29 is 24.5 Å². The zero-order valence-corrected chi connectivity index (χ0v) is 17.7. The molecule has 0 fully saturated rings. The van der Waals surface area contributed by atoms with Gasteiger partial charge in [-0.2, -0.15) is 0 Å². The Morgan fingerprint density at radius 3 is 2.50 bits per heavy atom. The van der Waals surface area contributed by atoms with Crippen LogP contribution in [0, 0.1) is 0 Å². The molecule has 2 heterocycles. The molecule has 0 saturated heterocycles. The molecule has 6 N–H and O–H groups in total. The molecule has 2 aliphatic heterocycles. The Morgan fingerprint density at radius 2 is 1.78 bits per heavy atom. The number of benzene rings is 3. The van der Waals surface area contributed by atoms with Crippen LogP contribution in [0.25, 0.3) is 0 Å². The average Bonchev–Trinajstić information content (AvgIpc) is 3.02. The standard InChI is InChI=1S/C23H19N3O5S/c1-11(24)26(22(25)32)17-9-16-20(10-18(17)28)30-19-8-12(27)6-7-15(19)23(16)14-5-3-2-4-13(14)21(29)31-23/h2-11,27-28H,24H2,1H3,(H2,25,32). The number of rotatable bonds is 2. The average molecular weight is 449 g/mol. The normalized spacial score (nSPS) is 18.8. The molecule has 2 unspecified atom stereocenters. The Balaban J connectivity index is 1.86. The van der Waals surface area contributed by atoms with Crippen molar-refractivity contribution in [2.45, 2.75) is 18.7 Å². The van der Waals surface area contributed by atoms with Gasteiger partial charge in [0.05, 0.1) is 17.4 Å². The highest BCUT2D eigenvalue weighted by atomic mass is 32.1. The molecule has 0 saturated carbocycles. The van der Waals surface area contributed by atoms with Crippen LogP contribution >= 0.6 is 12.2 Å². The molecule has 3 aromatic carbocycles. The molecule has 0 aromatic heterocycles. The molecule has 5 rings (SSSR count). The van der Waals surface area contributed by atoms with Crippen molar-refractivity contribution in [2.75, 3.05) is 4.90 Å². The molecule has 32 heavy (non-hydrogen) atoms. The molecule has 2 atom stereocenters. The van der Waals surface area contributed by atoms with Crippen molar-refractivity contribution in [3.63, 3.8) is 0 Å². The van der Waals surface area contributed by atoms with Crippen molar-refractivity contribution in [1.82, 2.24) is 0 Å². The van der Waals surface area contributed by atoms with Gasteiger partial charge in [0.25, 0.3) is 0 Å². The van der Waals surface area contributed by atoms with E-state index in [0.717, 1.165) is 0 Å². The van der Waals surface area contributed by atoms with Gasteiger partial charge in [0.15, 0.2) is 10.7 Å². The van der Waals surface area contributed by atoms with Gasteiger partial charge in [-0.05, 0) is 43.4 Å². The maximum absolute atomic E-state index is 12.9. The molecule has 0 aliphatic carbocycles. The summed E-state index contributed by atoms with van der Waals surface area (Å²) in [6, 6.07) is 14.6. The lowest BCUT2D eigenvalue weighted by Crippen LogP contribution is -2.47. The van der Waals surface area contributed by atoms with Gasteiger partial charge in [-0.15, -0.1) is 0 Å². The SMILES string of the molecule is CC(N)N(C(N)=S)c1cc2c(cc1O)Oc1cc(O)ccc1C21OC(=O)c2ccccc21. The lowest BCUT2D eigenvalue weighted by atomic mass is 9.77. The molecule has 0 radical (unpaired) electrons. The van der Waals surface area contributed by atoms with Gasteiger partial charge in [-0.1, -0.05) is 18.2 Å². The van der Waals surface area contributed by atoms with Crippen LogP contribution in [0.5, 0.6) is 23.0 Å². The Hall–Kier alpha value is -3.82. The second-order valence-electron chi connectivity index (χ2n) is 7.68. The molecule has 3 aromatic rings. The predicted octanol–water partition coefficient (Wildman–Crippen LogP) is 3.02. The number of hydrogen-bond acceptors (Lipinski definition) is 7. The molecule has 162 valence electrons. The van der Waals surface area contributed by atoms with E-state index in [-0.39, 0.29) is 28.0 Å². The largest absolute Gasteiger partial charge is 0.508 e. The zero-order valence-electron chi connectivity index (χ0n) is 16.9. The van der Waals surface area contributed by atoms with E-state index >= 15 is 0 Å². The van der Waals surface area contributed by atoms with Crippen molar-refractivity contribution >= 4 is 29.0 Å². The highest BCUT2D eigenvalue weighted by molar-refractivity contribution is 7.80. The van der Waals surface area contributed by atoms with Gasteiger partial charge in [-0.3, -0.25) is 0 Å². The summed E-state index contributed by atoms with van der Waals surface area (Å²) in [7, 11) is 0. The number of thiocarbonyl (C=S) groups is 1. The maximum Gasteiger partial charge on any atom is 0.340 e. The van der Waals surface area contributed by atoms with E-state index in [1.165, 1.54) is 23.1 Å². The third-order valence-corrected chi connectivity index (χ3v) is 5.89. The molecule has 8 nitrogen and oxygen atoms in total. The number of aromatic hydroxyl groups is 2. The van der Waals surface area contributed by atoms with Crippen molar-refractivity contribution in [1.29, 1.82) is 0 Å². The molecular weight excluding hydrogens is 430 g/mol. The van der Waals surface area contributed by atoms with Crippen molar-refractivity contribution in [3.8, 4) is 23.0 Å². The summed E-state index contributed by atoms with van der Waals surface area (Å²) in [5, 5.41) is 20.8. The summed E-state index contributed by atoms with van der Waals surface area (Å²) < 4.78 is 12.1. The van der Waals surface area contributed by atoms with Gasteiger partial charge in [0.2, 0.25) is 0 Å². The van der Waals surface area contributed by atoms with Crippen LogP contribution in [0.3, 0.4) is 0 Å². The molecule has 1 spiro atoms. The topological polar surface area (TPSA) is 131 Å². The number of phenols is 2. The smallest absolute Gasteiger partial charge is 0.340 e. The minimum Gasteiger partial charge on any atom is -0.508 e. The Labute approximate surface area is 188 Å².